The molecule has 2 nitrogen and oxygen atoms in total. The van der Waals surface area contributed by atoms with Gasteiger partial charge in [-0.1, -0.05) is 28.1 Å². The molecule has 0 N–H and O–H groups in total. The molecule has 0 spiro atoms. The van der Waals surface area contributed by atoms with Crippen LogP contribution in [-0.2, 0) is 4.79 Å². The summed E-state index contributed by atoms with van der Waals surface area (Å²) in [5.74, 6) is -0.629. The molecule has 0 aliphatic carbocycles. The van der Waals surface area contributed by atoms with Crippen molar-refractivity contribution in [2.45, 2.75) is 19.1 Å². The lowest BCUT2D eigenvalue weighted by molar-refractivity contribution is -0.188. The summed E-state index contributed by atoms with van der Waals surface area (Å²) >= 11 is 3.15. The Bertz CT molecular complexity index is 402. The predicted molar refractivity (Wildman–Crippen MR) is 61.4 cm³/mol. The second-order valence-corrected chi connectivity index (χ2v) is 4.54. The Labute approximate surface area is 106 Å². The third-order valence-corrected chi connectivity index (χ3v) is 2.91. The van der Waals surface area contributed by atoms with Crippen LogP contribution in [0.2, 0.25) is 0 Å². The third kappa shape index (κ3) is 3.46. The van der Waals surface area contributed by atoms with Gasteiger partial charge < -0.3 is 4.90 Å². The Kier molecular flexibility index (Phi) is 4.19. The zero-order chi connectivity index (χ0) is 13.2. The maximum atomic E-state index is 12.9. The zero-order valence-electron chi connectivity index (χ0n) is 9.25. The molecule has 0 aliphatic rings. The van der Waals surface area contributed by atoms with E-state index in [0.717, 1.165) is 14.0 Å². The summed E-state index contributed by atoms with van der Waals surface area (Å²) in [6, 6.07) is 3.82. The predicted octanol–water partition coefficient (Wildman–Crippen LogP) is 3.53. The second kappa shape index (κ2) is 5.08. The van der Waals surface area contributed by atoms with E-state index in [1.54, 1.807) is 0 Å². The van der Waals surface area contributed by atoms with Crippen LogP contribution in [0.5, 0.6) is 0 Å². The SMILES string of the molecule is CC(=O)N(C)C(c1ccc(Br)cc1)C(F)(F)F. The lowest BCUT2D eigenvalue weighted by Gasteiger charge is -2.29. The van der Waals surface area contributed by atoms with Gasteiger partial charge in [0, 0.05) is 18.4 Å². The first-order chi connectivity index (χ1) is 7.73. The van der Waals surface area contributed by atoms with Gasteiger partial charge in [-0.2, -0.15) is 13.2 Å². The molecule has 1 amide bonds. The molecule has 0 aliphatic heterocycles. The van der Waals surface area contributed by atoms with Crippen molar-refractivity contribution in [1.29, 1.82) is 0 Å². The van der Waals surface area contributed by atoms with Crippen LogP contribution in [0.15, 0.2) is 28.7 Å². The Morgan fingerprint density at radius 3 is 2.12 bits per heavy atom. The standard InChI is InChI=1S/C11H11BrF3NO/c1-7(17)16(2)10(11(13,14)15)8-3-5-9(12)6-4-8/h3-6,10H,1-2H3. The average Bonchev–Trinajstić information content (AvgIpc) is 2.19. The van der Waals surface area contributed by atoms with Crippen molar-refractivity contribution in [2.75, 3.05) is 7.05 Å². The number of amides is 1. The second-order valence-electron chi connectivity index (χ2n) is 3.63. The number of carbonyl (C=O) groups excluding carboxylic acids is 1. The van der Waals surface area contributed by atoms with Gasteiger partial charge >= 0.3 is 6.18 Å². The largest absolute Gasteiger partial charge is 0.413 e. The van der Waals surface area contributed by atoms with Crippen LogP contribution in [-0.4, -0.2) is 24.0 Å². The van der Waals surface area contributed by atoms with Crippen molar-refractivity contribution < 1.29 is 18.0 Å². The molecule has 0 bridgehead atoms. The highest BCUT2D eigenvalue weighted by atomic mass is 79.9. The summed E-state index contributed by atoms with van der Waals surface area (Å²) in [6.07, 6.45) is -4.49. The van der Waals surface area contributed by atoms with Crippen molar-refractivity contribution in [3.63, 3.8) is 0 Å². The van der Waals surface area contributed by atoms with Gasteiger partial charge in [0.05, 0.1) is 0 Å². The van der Waals surface area contributed by atoms with Crippen LogP contribution < -0.4 is 0 Å². The summed E-state index contributed by atoms with van der Waals surface area (Å²) in [7, 11) is 1.14. The molecule has 1 aromatic carbocycles. The maximum Gasteiger partial charge on any atom is 0.413 e. The number of hydrogen-bond acceptors (Lipinski definition) is 1. The topological polar surface area (TPSA) is 20.3 Å². The maximum absolute atomic E-state index is 12.9. The molecule has 1 rings (SSSR count). The molecule has 0 saturated heterocycles. The van der Waals surface area contributed by atoms with Gasteiger partial charge in [-0.3, -0.25) is 4.79 Å². The Balaban J connectivity index is 3.15. The van der Waals surface area contributed by atoms with Crippen LogP contribution >= 0.6 is 15.9 Å². The molecule has 94 valence electrons. The molecule has 0 heterocycles. The van der Waals surface area contributed by atoms with E-state index in [4.69, 9.17) is 0 Å². The lowest BCUT2D eigenvalue weighted by Crippen LogP contribution is -2.38. The highest BCUT2D eigenvalue weighted by molar-refractivity contribution is 9.10. The average molecular weight is 310 g/mol. The molecule has 1 unspecified atom stereocenters. The smallest absolute Gasteiger partial charge is 0.330 e. The van der Waals surface area contributed by atoms with Crippen molar-refractivity contribution in [3.05, 3.63) is 34.3 Å². The van der Waals surface area contributed by atoms with E-state index in [2.05, 4.69) is 15.9 Å². The zero-order valence-corrected chi connectivity index (χ0v) is 10.8. The van der Waals surface area contributed by atoms with Gasteiger partial charge in [0.2, 0.25) is 5.91 Å². The normalized spacial score (nSPS) is 13.3. The minimum atomic E-state index is -4.49. The van der Waals surface area contributed by atoms with Gasteiger partial charge in [-0.05, 0) is 17.7 Å². The van der Waals surface area contributed by atoms with Gasteiger partial charge in [-0.25, -0.2) is 0 Å². The summed E-state index contributed by atoms with van der Waals surface area (Å²) < 4.78 is 39.4. The fourth-order valence-corrected chi connectivity index (χ4v) is 1.72. The van der Waals surface area contributed by atoms with Crippen LogP contribution in [0.1, 0.15) is 18.5 Å². The van der Waals surface area contributed by atoms with Gasteiger partial charge in [0.15, 0.2) is 6.04 Å². The number of rotatable bonds is 2. The van der Waals surface area contributed by atoms with Crippen LogP contribution in [0.25, 0.3) is 0 Å². The quantitative estimate of drug-likeness (QED) is 0.818. The molecule has 0 fully saturated rings. The first-order valence-electron chi connectivity index (χ1n) is 4.79. The highest BCUT2D eigenvalue weighted by Gasteiger charge is 2.44. The molecule has 0 saturated carbocycles. The molecular weight excluding hydrogens is 299 g/mol. The van der Waals surface area contributed by atoms with Gasteiger partial charge in [-0.15, -0.1) is 0 Å². The number of carbonyl (C=O) groups is 1. The molecule has 6 heteroatoms. The van der Waals surface area contributed by atoms with E-state index in [0.29, 0.717) is 9.37 Å². The fourth-order valence-electron chi connectivity index (χ4n) is 1.46. The van der Waals surface area contributed by atoms with E-state index in [1.165, 1.54) is 24.3 Å². The number of alkyl halides is 3. The first-order valence-corrected chi connectivity index (χ1v) is 5.58. The number of nitrogens with zero attached hydrogens (tertiary/aromatic N) is 1. The first kappa shape index (κ1) is 14.0. The molecule has 0 radical (unpaired) electrons. The van der Waals surface area contributed by atoms with Crippen LogP contribution in [0.3, 0.4) is 0 Å². The number of benzene rings is 1. The van der Waals surface area contributed by atoms with Crippen LogP contribution in [0, 0.1) is 0 Å². The number of halogens is 4. The fraction of sp³-hybridized carbons (Fsp3) is 0.364. The molecule has 1 atom stereocenters. The summed E-state index contributed by atoms with van der Waals surface area (Å²) in [5, 5.41) is 0. The number of hydrogen-bond donors (Lipinski definition) is 0. The molecule has 0 aromatic heterocycles. The molecule has 1 aromatic rings. The summed E-state index contributed by atoms with van der Waals surface area (Å²) in [6.45, 7) is 1.11. The Morgan fingerprint density at radius 2 is 1.76 bits per heavy atom. The lowest BCUT2D eigenvalue weighted by atomic mass is 10.1. The van der Waals surface area contributed by atoms with Crippen LogP contribution in [0.4, 0.5) is 13.2 Å². The molecular formula is C11H11BrF3NO. The van der Waals surface area contributed by atoms with E-state index >= 15 is 0 Å². The molecule has 17 heavy (non-hydrogen) atoms. The monoisotopic (exact) mass is 309 g/mol. The van der Waals surface area contributed by atoms with E-state index in [1.807, 2.05) is 0 Å². The minimum absolute atomic E-state index is 0.0402. The Hall–Kier alpha value is -1.04. The highest BCUT2D eigenvalue weighted by Crippen LogP contribution is 2.37. The Morgan fingerprint density at radius 1 is 1.29 bits per heavy atom. The van der Waals surface area contributed by atoms with E-state index in [9.17, 15) is 18.0 Å². The van der Waals surface area contributed by atoms with Gasteiger partial charge in [0.1, 0.15) is 0 Å². The van der Waals surface area contributed by atoms with E-state index in [-0.39, 0.29) is 5.56 Å². The van der Waals surface area contributed by atoms with Crippen molar-refractivity contribution in [2.24, 2.45) is 0 Å². The van der Waals surface area contributed by atoms with Crippen molar-refractivity contribution >= 4 is 21.8 Å². The summed E-state index contributed by atoms with van der Waals surface area (Å²) in [4.78, 5) is 11.8. The van der Waals surface area contributed by atoms with Gasteiger partial charge in [0.25, 0.3) is 0 Å². The van der Waals surface area contributed by atoms with Crippen molar-refractivity contribution in [3.8, 4) is 0 Å². The third-order valence-electron chi connectivity index (χ3n) is 2.38. The van der Waals surface area contributed by atoms with E-state index < -0.39 is 18.1 Å². The summed E-state index contributed by atoms with van der Waals surface area (Å²) in [5.41, 5.74) is 0.0402. The van der Waals surface area contributed by atoms with Crippen molar-refractivity contribution in [1.82, 2.24) is 4.90 Å². The minimum Gasteiger partial charge on any atom is -0.330 e.